The molecule has 8 nitrogen and oxygen atoms in total. The summed E-state index contributed by atoms with van der Waals surface area (Å²) < 4.78 is 5.13. The molecule has 0 atom stereocenters. The smallest absolute Gasteiger partial charge is 0.408 e. The van der Waals surface area contributed by atoms with Crippen LogP contribution in [0.4, 0.5) is 21.9 Å². The van der Waals surface area contributed by atoms with Gasteiger partial charge in [0.25, 0.3) is 5.91 Å². The number of anilines is 3. The SMILES string of the molecule is CC(C)(C)OC(=O)NCC(=O)Nc1ccc(N/C(=C2\C(=O)Nc3ccccc32)c2ccccc2)cc1. The molecule has 36 heavy (non-hydrogen) atoms. The monoisotopic (exact) mass is 484 g/mol. The number of hydrogen-bond acceptors (Lipinski definition) is 5. The summed E-state index contributed by atoms with van der Waals surface area (Å²) in [5, 5.41) is 11.5. The van der Waals surface area contributed by atoms with Gasteiger partial charge in [0.2, 0.25) is 5.91 Å². The fourth-order valence-corrected chi connectivity index (χ4v) is 3.70. The van der Waals surface area contributed by atoms with E-state index in [1.54, 1.807) is 45.0 Å². The van der Waals surface area contributed by atoms with Gasteiger partial charge in [0, 0.05) is 22.6 Å². The average molecular weight is 485 g/mol. The molecule has 1 heterocycles. The highest BCUT2D eigenvalue weighted by molar-refractivity contribution is 6.37. The first-order valence-corrected chi connectivity index (χ1v) is 11.5. The Labute approximate surface area is 209 Å². The number of rotatable bonds is 6. The Balaban J connectivity index is 1.49. The minimum absolute atomic E-state index is 0.177. The number of ether oxygens (including phenoxy) is 1. The Bertz CT molecular complexity index is 1310. The van der Waals surface area contributed by atoms with Gasteiger partial charge in [-0.2, -0.15) is 0 Å². The third-order valence-corrected chi connectivity index (χ3v) is 5.21. The maximum atomic E-state index is 12.9. The van der Waals surface area contributed by atoms with Crippen molar-refractivity contribution in [2.75, 3.05) is 22.5 Å². The van der Waals surface area contributed by atoms with Crippen molar-refractivity contribution in [1.29, 1.82) is 0 Å². The molecule has 0 saturated heterocycles. The van der Waals surface area contributed by atoms with Gasteiger partial charge in [-0.1, -0.05) is 48.5 Å². The number of alkyl carbamates (subject to hydrolysis) is 1. The van der Waals surface area contributed by atoms with Crippen LogP contribution in [-0.4, -0.2) is 30.1 Å². The van der Waals surface area contributed by atoms with Gasteiger partial charge in [0.1, 0.15) is 12.1 Å². The normalized spacial score (nSPS) is 13.8. The van der Waals surface area contributed by atoms with E-state index in [1.165, 1.54) is 0 Å². The third kappa shape index (κ3) is 6.09. The first-order chi connectivity index (χ1) is 17.2. The van der Waals surface area contributed by atoms with Crippen LogP contribution in [0, 0.1) is 0 Å². The van der Waals surface area contributed by atoms with E-state index in [0.717, 1.165) is 22.5 Å². The van der Waals surface area contributed by atoms with Crippen molar-refractivity contribution in [2.24, 2.45) is 0 Å². The lowest BCUT2D eigenvalue weighted by Crippen LogP contribution is -2.37. The van der Waals surface area contributed by atoms with Crippen molar-refractivity contribution in [2.45, 2.75) is 26.4 Å². The number of hydrogen-bond donors (Lipinski definition) is 4. The maximum Gasteiger partial charge on any atom is 0.408 e. The minimum Gasteiger partial charge on any atom is -0.444 e. The van der Waals surface area contributed by atoms with Crippen molar-refractivity contribution in [3.63, 3.8) is 0 Å². The zero-order chi connectivity index (χ0) is 25.7. The molecule has 0 unspecified atom stereocenters. The lowest BCUT2D eigenvalue weighted by Gasteiger charge is -2.19. The van der Waals surface area contributed by atoms with E-state index < -0.39 is 11.7 Å². The van der Waals surface area contributed by atoms with Crippen LogP contribution in [0.15, 0.2) is 78.9 Å². The van der Waals surface area contributed by atoms with E-state index in [0.29, 0.717) is 17.0 Å². The molecule has 3 amide bonds. The lowest BCUT2D eigenvalue weighted by molar-refractivity contribution is -0.115. The van der Waals surface area contributed by atoms with Gasteiger partial charge < -0.3 is 26.0 Å². The summed E-state index contributed by atoms with van der Waals surface area (Å²) >= 11 is 0. The average Bonchev–Trinajstić information content (AvgIpc) is 3.17. The number of fused-ring (bicyclic) bond motifs is 1. The zero-order valence-electron chi connectivity index (χ0n) is 20.3. The number of carbonyl (C=O) groups is 3. The molecule has 4 rings (SSSR count). The second-order valence-corrected chi connectivity index (χ2v) is 9.22. The van der Waals surface area contributed by atoms with Crippen molar-refractivity contribution < 1.29 is 19.1 Å². The van der Waals surface area contributed by atoms with E-state index in [1.807, 2.05) is 54.6 Å². The van der Waals surface area contributed by atoms with Crippen LogP contribution in [0.2, 0.25) is 0 Å². The second kappa shape index (κ2) is 10.4. The third-order valence-electron chi connectivity index (χ3n) is 5.21. The molecule has 8 heteroatoms. The molecule has 0 spiro atoms. The fourth-order valence-electron chi connectivity index (χ4n) is 3.70. The molecule has 0 radical (unpaired) electrons. The quantitative estimate of drug-likeness (QED) is 0.365. The highest BCUT2D eigenvalue weighted by Crippen LogP contribution is 2.37. The Morgan fingerprint density at radius 3 is 2.11 bits per heavy atom. The van der Waals surface area contributed by atoms with Crippen molar-refractivity contribution in [3.05, 3.63) is 90.0 Å². The van der Waals surface area contributed by atoms with Crippen LogP contribution < -0.4 is 21.3 Å². The second-order valence-electron chi connectivity index (χ2n) is 9.22. The Morgan fingerprint density at radius 1 is 0.833 bits per heavy atom. The molecule has 3 aromatic rings. The van der Waals surface area contributed by atoms with Gasteiger partial charge in [-0.15, -0.1) is 0 Å². The van der Waals surface area contributed by atoms with E-state index in [2.05, 4.69) is 21.3 Å². The summed E-state index contributed by atoms with van der Waals surface area (Å²) in [4.78, 5) is 36.8. The van der Waals surface area contributed by atoms with Crippen molar-refractivity contribution in [1.82, 2.24) is 5.32 Å². The first-order valence-electron chi connectivity index (χ1n) is 11.5. The van der Waals surface area contributed by atoms with Gasteiger partial charge in [-0.25, -0.2) is 4.79 Å². The molecule has 0 fully saturated rings. The molecule has 184 valence electrons. The molecule has 0 aromatic heterocycles. The molecular formula is C28H28N4O4. The van der Waals surface area contributed by atoms with Crippen LogP contribution in [0.5, 0.6) is 0 Å². The van der Waals surface area contributed by atoms with Crippen LogP contribution in [0.3, 0.4) is 0 Å². The number of benzene rings is 3. The molecule has 0 aliphatic carbocycles. The van der Waals surface area contributed by atoms with E-state index in [4.69, 9.17) is 4.74 Å². The number of carbonyl (C=O) groups excluding carboxylic acids is 3. The van der Waals surface area contributed by atoms with Gasteiger partial charge in [0.05, 0.1) is 11.3 Å². The number of para-hydroxylation sites is 1. The van der Waals surface area contributed by atoms with Gasteiger partial charge in [-0.3, -0.25) is 9.59 Å². The van der Waals surface area contributed by atoms with Crippen LogP contribution in [-0.2, 0) is 14.3 Å². The van der Waals surface area contributed by atoms with Crippen LogP contribution in [0.25, 0.3) is 11.3 Å². The summed E-state index contributed by atoms with van der Waals surface area (Å²) in [6, 6.07) is 24.3. The Hall–Kier alpha value is -4.59. The molecule has 4 N–H and O–H groups in total. The van der Waals surface area contributed by atoms with E-state index in [-0.39, 0.29) is 18.4 Å². The highest BCUT2D eigenvalue weighted by atomic mass is 16.6. The fraction of sp³-hybridized carbons (Fsp3) is 0.179. The Morgan fingerprint density at radius 2 is 1.44 bits per heavy atom. The van der Waals surface area contributed by atoms with E-state index in [9.17, 15) is 14.4 Å². The molecule has 0 bridgehead atoms. The molecule has 0 saturated carbocycles. The lowest BCUT2D eigenvalue weighted by atomic mass is 10.00. The van der Waals surface area contributed by atoms with E-state index >= 15 is 0 Å². The van der Waals surface area contributed by atoms with Gasteiger partial charge >= 0.3 is 6.09 Å². The minimum atomic E-state index is -0.656. The number of nitrogens with one attached hydrogen (secondary N) is 4. The predicted octanol–water partition coefficient (Wildman–Crippen LogP) is 5.08. The maximum absolute atomic E-state index is 12.9. The summed E-state index contributed by atoms with van der Waals surface area (Å²) in [6.07, 6.45) is -0.656. The van der Waals surface area contributed by atoms with Crippen LogP contribution in [0.1, 0.15) is 31.9 Å². The highest BCUT2D eigenvalue weighted by Gasteiger charge is 2.28. The van der Waals surface area contributed by atoms with Crippen molar-refractivity contribution in [3.8, 4) is 0 Å². The standard InChI is InChI=1S/C28H28N4O4/c1-28(2,3)36-27(35)29-17-23(33)30-19-13-15-20(16-14-19)31-25(18-9-5-4-6-10-18)24-21-11-7-8-12-22(21)32-26(24)34/h4-16,31H,17H2,1-3H3,(H,29,35)(H,30,33)(H,32,34)/b25-24-. The van der Waals surface area contributed by atoms with Crippen LogP contribution >= 0.6 is 0 Å². The summed E-state index contributed by atoms with van der Waals surface area (Å²) in [7, 11) is 0. The summed E-state index contributed by atoms with van der Waals surface area (Å²) in [6.45, 7) is 5.03. The number of amides is 3. The molecular weight excluding hydrogens is 456 g/mol. The molecule has 3 aromatic carbocycles. The topological polar surface area (TPSA) is 109 Å². The first kappa shape index (κ1) is 24.5. The predicted molar refractivity (Wildman–Crippen MR) is 141 cm³/mol. The Kier molecular flexibility index (Phi) is 7.05. The van der Waals surface area contributed by atoms with Gasteiger partial charge in [0.15, 0.2) is 0 Å². The largest absolute Gasteiger partial charge is 0.444 e. The van der Waals surface area contributed by atoms with Gasteiger partial charge in [-0.05, 0) is 56.7 Å². The molecule has 1 aliphatic heterocycles. The summed E-state index contributed by atoms with van der Waals surface area (Å²) in [5.74, 6) is -0.559. The van der Waals surface area contributed by atoms with Crippen molar-refractivity contribution >= 4 is 46.2 Å². The summed E-state index contributed by atoms with van der Waals surface area (Å²) in [5.41, 5.74) is 4.36. The zero-order valence-corrected chi connectivity index (χ0v) is 20.3. The molecule has 1 aliphatic rings.